The molecule has 1 nitrogen and oxygen atoms in total. The number of allylic oxidation sites excluding steroid dienone is 2. The van der Waals surface area contributed by atoms with Gasteiger partial charge in [-0.05, 0) is 42.6 Å². The molecule has 0 radical (unpaired) electrons. The van der Waals surface area contributed by atoms with E-state index >= 15 is 0 Å². The van der Waals surface area contributed by atoms with E-state index < -0.39 is 0 Å². The molecule has 2 rings (SSSR count). The molecule has 0 unspecified atom stereocenters. The van der Waals surface area contributed by atoms with Crippen molar-refractivity contribution >= 4 is 5.78 Å². The van der Waals surface area contributed by atoms with Gasteiger partial charge in [-0.25, -0.2) is 0 Å². The number of carbonyl (C=O) groups excluding carboxylic acids is 1. The fraction of sp³-hybridized carbons (Fsp3) is 0.727. The molecule has 2 aliphatic carbocycles. The molecular formula is C11H16O. The zero-order valence-corrected chi connectivity index (χ0v) is 8.05. The van der Waals surface area contributed by atoms with Crippen LogP contribution in [0.5, 0.6) is 0 Å². The van der Waals surface area contributed by atoms with E-state index in [0.717, 1.165) is 30.3 Å². The van der Waals surface area contributed by atoms with Crippen LogP contribution in [0.2, 0.25) is 0 Å². The zero-order chi connectivity index (χ0) is 8.93. The number of hydrogen-bond acceptors (Lipinski definition) is 1. The summed E-state index contributed by atoms with van der Waals surface area (Å²) in [5.41, 5.74) is 1.58. The molecule has 0 spiro atoms. The molecule has 0 heterocycles. The molecule has 1 heteroatoms. The van der Waals surface area contributed by atoms with E-state index in [2.05, 4.69) is 19.9 Å². The van der Waals surface area contributed by atoms with Gasteiger partial charge in [-0.1, -0.05) is 19.9 Å². The molecule has 0 N–H and O–H groups in total. The average molecular weight is 164 g/mol. The molecule has 1 saturated carbocycles. The number of carbonyl (C=O) groups is 1. The monoisotopic (exact) mass is 164 g/mol. The van der Waals surface area contributed by atoms with Crippen molar-refractivity contribution in [3.05, 3.63) is 11.6 Å². The lowest BCUT2D eigenvalue weighted by molar-refractivity contribution is -0.113. The van der Waals surface area contributed by atoms with E-state index in [0.29, 0.717) is 5.41 Å². The van der Waals surface area contributed by atoms with Crippen molar-refractivity contribution in [2.45, 2.75) is 33.6 Å². The van der Waals surface area contributed by atoms with Gasteiger partial charge in [0.25, 0.3) is 0 Å². The molecule has 0 saturated heterocycles. The molecule has 0 aromatic rings. The van der Waals surface area contributed by atoms with E-state index in [-0.39, 0.29) is 5.78 Å². The Hall–Kier alpha value is -0.590. The van der Waals surface area contributed by atoms with Crippen LogP contribution in [0.4, 0.5) is 0 Å². The predicted octanol–water partition coefficient (Wildman–Crippen LogP) is 2.57. The third-order valence-electron chi connectivity index (χ3n) is 3.80. The Morgan fingerprint density at radius 1 is 1.50 bits per heavy atom. The van der Waals surface area contributed by atoms with E-state index in [4.69, 9.17) is 0 Å². The Kier molecular flexibility index (Phi) is 1.48. The zero-order valence-electron chi connectivity index (χ0n) is 8.05. The van der Waals surface area contributed by atoms with E-state index in [1.54, 1.807) is 6.92 Å². The smallest absolute Gasteiger partial charge is 0.155 e. The summed E-state index contributed by atoms with van der Waals surface area (Å²) < 4.78 is 0. The highest BCUT2D eigenvalue weighted by atomic mass is 16.1. The first-order valence-corrected chi connectivity index (χ1v) is 4.73. The third-order valence-corrected chi connectivity index (χ3v) is 3.80. The maximum Gasteiger partial charge on any atom is 0.155 e. The van der Waals surface area contributed by atoms with Crippen LogP contribution in [-0.4, -0.2) is 5.78 Å². The molecule has 0 bridgehead atoms. The summed E-state index contributed by atoms with van der Waals surface area (Å²) in [6, 6.07) is 0. The van der Waals surface area contributed by atoms with Crippen molar-refractivity contribution in [2.75, 3.05) is 0 Å². The van der Waals surface area contributed by atoms with E-state index in [1.807, 2.05) is 0 Å². The molecule has 0 amide bonds. The average Bonchev–Trinajstić information content (AvgIpc) is 2.55. The summed E-state index contributed by atoms with van der Waals surface area (Å²) in [4.78, 5) is 11.1. The Morgan fingerprint density at radius 3 is 2.67 bits per heavy atom. The topological polar surface area (TPSA) is 17.1 Å². The van der Waals surface area contributed by atoms with Gasteiger partial charge in [0.05, 0.1) is 0 Å². The van der Waals surface area contributed by atoms with Crippen molar-refractivity contribution in [3.63, 3.8) is 0 Å². The predicted molar refractivity (Wildman–Crippen MR) is 48.8 cm³/mol. The highest BCUT2D eigenvalue weighted by Crippen LogP contribution is 2.64. The van der Waals surface area contributed by atoms with Crippen LogP contribution >= 0.6 is 0 Å². The lowest BCUT2D eigenvalue weighted by Gasteiger charge is -2.07. The molecule has 1 fully saturated rings. The Balaban J connectivity index is 2.11. The van der Waals surface area contributed by atoms with Crippen molar-refractivity contribution in [2.24, 2.45) is 17.3 Å². The lowest BCUT2D eigenvalue weighted by Crippen LogP contribution is -2.02. The number of hydrogen-bond donors (Lipinski definition) is 0. The highest BCUT2D eigenvalue weighted by molar-refractivity contribution is 5.93. The molecular weight excluding hydrogens is 148 g/mol. The standard InChI is InChI=1S/C11H16O/c1-7(12)8-4-5-9-10(6-8)11(9,2)3/h4,9-10H,5-6H2,1-3H3/t9-,10-/m0/s1. The first kappa shape index (κ1) is 8.03. The molecule has 0 aromatic heterocycles. The highest BCUT2D eigenvalue weighted by Gasteiger charge is 2.57. The maximum atomic E-state index is 11.1. The third kappa shape index (κ3) is 0.954. The first-order chi connectivity index (χ1) is 5.53. The van der Waals surface area contributed by atoms with E-state index in [1.165, 1.54) is 0 Å². The van der Waals surface area contributed by atoms with Crippen LogP contribution in [0.25, 0.3) is 0 Å². The van der Waals surface area contributed by atoms with Gasteiger partial charge < -0.3 is 0 Å². The normalized spacial score (nSPS) is 36.8. The summed E-state index contributed by atoms with van der Waals surface area (Å²) in [6.45, 7) is 6.32. The molecule has 0 aromatic carbocycles. The Labute approximate surface area is 73.8 Å². The second kappa shape index (κ2) is 2.21. The van der Waals surface area contributed by atoms with Gasteiger partial charge in [-0.3, -0.25) is 4.79 Å². The van der Waals surface area contributed by atoms with Gasteiger partial charge in [-0.2, -0.15) is 0 Å². The summed E-state index contributed by atoms with van der Waals surface area (Å²) in [5, 5.41) is 0. The van der Waals surface area contributed by atoms with Gasteiger partial charge >= 0.3 is 0 Å². The summed E-state index contributed by atoms with van der Waals surface area (Å²) >= 11 is 0. The van der Waals surface area contributed by atoms with Crippen molar-refractivity contribution in [1.82, 2.24) is 0 Å². The van der Waals surface area contributed by atoms with Crippen molar-refractivity contribution in [1.29, 1.82) is 0 Å². The Bertz CT molecular complexity index is 260. The van der Waals surface area contributed by atoms with Crippen molar-refractivity contribution in [3.8, 4) is 0 Å². The van der Waals surface area contributed by atoms with Crippen LogP contribution < -0.4 is 0 Å². The summed E-state index contributed by atoms with van der Waals surface area (Å²) in [6.07, 6.45) is 4.32. The van der Waals surface area contributed by atoms with Gasteiger partial charge in [0.1, 0.15) is 0 Å². The van der Waals surface area contributed by atoms with Gasteiger partial charge in [0.15, 0.2) is 5.78 Å². The number of rotatable bonds is 1. The molecule has 2 atom stereocenters. The minimum absolute atomic E-state index is 0.274. The van der Waals surface area contributed by atoms with Crippen LogP contribution in [0.1, 0.15) is 33.6 Å². The van der Waals surface area contributed by atoms with Gasteiger partial charge in [-0.15, -0.1) is 0 Å². The molecule has 66 valence electrons. The maximum absolute atomic E-state index is 11.1. The Morgan fingerprint density at radius 2 is 2.17 bits per heavy atom. The fourth-order valence-electron chi connectivity index (χ4n) is 2.61. The van der Waals surface area contributed by atoms with Crippen LogP contribution in [0, 0.1) is 17.3 Å². The quantitative estimate of drug-likeness (QED) is 0.582. The fourth-order valence-corrected chi connectivity index (χ4v) is 2.61. The van der Waals surface area contributed by atoms with Crippen molar-refractivity contribution < 1.29 is 4.79 Å². The lowest BCUT2D eigenvalue weighted by atomic mass is 9.97. The largest absolute Gasteiger partial charge is 0.295 e. The first-order valence-electron chi connectivity index (χ1n) is 4.73. The molecule has 2 aliphatic rings. The molecule has 12 heavy (non-hydrogen) atoms. The van der Waals surface area contributed by atoms with Gasteiger partial charge in [0, 0.05) is 0 Å². The summed E-state index contributed by atoms with van der Waals surface area (Å²) in [5.74, 6) is 1.93. The van der Waals surface area contributed by atoms with E-state index in [9.17, 15) is 4.79 Å². The second-order valence-electron chi connectivity index (χ2n) is 4.76. The van der Waals surface area contributed by atoms with Crippen LogP contribution in [0.3, 0.4) is 0 Å². The SMILES string of the molecule is CC(=O)C1=CC[C@H]2[C@H](C1)C2(C)C. The minimum Gasteiger partial charge on any atom is -0.295 e. The van der Waals surface area contributed by atoms with Crippen LogP contribution in [-0.2, 0) is 4.79 Å². The summed E-state index contributed by atoms with van der Waals surface area (Å²) in [7, 11) is 0. The number of Topliss-reactive ketones (excluding diaryl/α,β-unsaturated/α-hetero) is 1. The van der Waals surface area contributed by atoms with Gasteiger partial charge in [0.2, 0.25) is 0 Å². The number of fused-ring (bicyclic) bond motifs is 1. The number of ketones is 1. The molecule has 0 aliphatic heterocycles. The minimum atomic E-state index is 0.274. The second-order valence-corrected chi connectivity index (χ2v) is 4.76. The van der Waals surface area contributed by atoms with Crippen LogP contribution in [0.15, 0.2) is 11.6 Å².